The summed E-state index contributed by atoms with van der Waals surface area (Å²) in [5.74, 6) is 0.798. The van der Waals surface area contributed by atoms with Crippen molar-refractivity contribution in [2.24, 2.45) is 5.10 Å². The third-order valence-electron chi connectivity index (χ3n) is 5.19. The van der Waals surface area contributed by atoms with Crippen LogP contribution in [0.4, 0.5) is 5.69 Å². The third kappa shape index (κ3) is 3.43. The molecule has 0 N–H and O–H groups in total. The molecular formula is C21H20N4O3. The highest BCUT2D eigenvalue weighted by molar-refractivity contribution is 5.85. The van der Waals surface area contributed by atoms with Crippen LogP contribution in [0.2, 0.25) is 0 Å². The van der Waals surface area contributed by atoms with E-state index in [1.165, 1.54) is 23.4 Å². The Hall–Kier alpha value is -3.35. The highest BCUT2D eigenvalue weighted by atomic mass is 16.6. The molecule has 4 rings (SSSR count). The molecule has 7 heteroatoms. The number of benzene rings is 2. The molecule has 0 amide bonds. The fourth-order valence-corrected chi connectivity index (χ4v) is 3.76. The molecule has 28 heavy (non-hydrogen) atoms. The molecule has 0 aliphatic heterocycles. The van der Waals surface area contributed by atoms with Crippen LogP contribution in [0, 0.1) is 10.1 Å². The molecule has 0 radical (unpaired) electrons. The summed E-state index contributed by atoms with van der Waals surface area (Å²) in [6.07, 6.45) is 6.69. The van der Waals surface area contributed by atoms with Crippen LogP contribution in [0.5, 0.6) is 0 Å². The molecule has 1 heterocycles. The van der Waals surface area contributed by atoms with Gasteiger partial charge in [-0.3, -0.25) is 14.9 Å². The summed E-state index contributed by atoms with van der Waals surface area (Å²) in [6.45, 7) is 0. The summed E-state index contributed by atoms with van der Waals surface area (Å²) in [4.78, 5) is 28.7. The second-order valence-corrected chi connectivity index (χ2v) is 7.00. The topological polar surface area (TPSA) is 90.4 Å². The van der Waals surface area contributed by atoms with Crippen molar-refractivity contribution in [1.29, 1.82) is 0 Å². The Bertz CT molecular complexity index is 1110. The quantitative estimate of drug-likeness (QED) is 0.387. The van der Waals surface area contributed by atoms with Gasteiger partial charge in [-0.25, -0.2) is 4.98 Å². The predicted octanol–water partition coefficient (Wildman–Crippen LogP) is 4.23. The summed E-state index contributed by atoms with van der Waals surface area (Å²) in [5, 5.41) is 16.1. The van der Waals surface area contributed by atoms with Gasteiger partial charge in [-0.15, -0.1) is 0 Å². The van der Waals surface area contributed by atoms with E-state index in [2.05, 4.69) is 5.10 Å². The molecule has 2 aromatic carbocycles. The van der Waals surface area contributed by atoms with E-state index in [0.29, 0.717) is 22.3 Å². The maximum Gasteiger partial charge on any atom is 0.282 e. The molecule has 1 saturated carbocycles. The van der Waals surface area contributed by atoms with Crippen LogP contribution < -0.4 is 5.56 Å². The summed E-state index contributed by atoms with van der Waals surface area (Å²) in [6, 6.07) is 13.6. The number of fused-ring (bicyclic) bond motifs is 1. The second-order valence-electron chi connectivity index (χ2n) is 7.00. The molecule has 7 nitrogen and oxygen atoms in total. The van der Waals surface area contributed by atoms with Crippen molar-refractivity contribution in [3.8, 4) is 0 Å². The first kappa shape index (κ1) is 18.0. The van der Waals surface area contributed by atoms with Gasteiger partial charge in [0.05, 0.1) is 27.6 Å². The van der Waals surface area contributed by atoms with E-state index < -0.39 is 4.92 Å². The molecule has 0 unspecified atom stereocenters. The number of aromatic nitrogens is 2. The van der Waals surface area contributed by atoms with Gasteiger partial charge in [-0.1, -0.05) is 43.5 Å². The first-order chi connectivity index (χ1) is 13.6. The van der Waals surface area contributed by atoms with Crippen molar-refractivity contribution in [3.63, 3.8) is 0 Å². The van der Waals surface area contributed by atoms with E-state index in [9.17, 15) is 14.9 Å². The number of para-hydroxylation sites is 2. The number of hydrogen-bond acceptors (Lipinski definition) is 5. The largest absolute Gasteiger partial charge is 0.282 e. The minimum Gasteiger partial charge on any atom is -0.267 e. The van der Waals surface area contributed by atoms with Crippen molar-refractivity contribution in [3.05, 3.63) is 80.4 Å². The van der Waals surface area contributed by atoms with Crippen LogP contribution in [-0.2, 0) is 0 Å². The molecule has 0 spiro atoms. The van der Waals surface area contributed by atoms with Gasteiger partial charge in [0.15, 0.2) is 0 Å². The summed E-state index contributed by atoms with van der Waals surface area (Å²) < 4.78 is 1.33. The SMILES string of the molecule is O=c1c2ccccc2nc(C2CCCCC2)n1N=Cc1ccccc1[N+](=O)[O-]. The molecule has 1 aliphatic rings. The van der Waals surface area contributed by atoms with Gasteiger partial charge in [0.25, 0.3) is 11.2 Å². The summed E-state index contributed by atoms with van der Waals surface area (Å²) in [7, 11) is 0. The normalized spacial score (nSPS) is 15.3. The number of nitro benzene ring substituents is 1. The van der Waals surface area contributed by atoms with Gasteiger partial charge >= 0.3 is 0 Å². The van der Waals surface area contributed by atoms with Gasteiger partial charge in [-0.05, 0) is 31.0 Å². The molecule has 142 valence electrons. The number of nitrogens with zero attached hydrogens (tertiary/aromatic N) is 4. The summed E-state index contributed by atoms with van der Waals surface area (Å²) >= 11 is 0. The van der Waals surface area contributed by atoms with Gasteiger partial charge < -0.3 is 0 Å². The minimum atomic E-state index is -0.454. The van der Waals surface area contributed by atoms with Gasteiger partial charge in [0, 0.05) is 12.0 Å². The Kier molecular flexibility index (Phi) is 4.97. The standard InChI is InChI=1S/C21H20N4O3/c26-21-17-11-5-6-12-18(17)23-20(15-8-2-1-3-9-15)24(21)22-14-16-10-4-7-13-19(16)25(27)28/h4-7,10-15H,1-3,8-9H2. The van der Waals surface area contributed by atoms with Crippen LogP contribution >= 0.6 is 0 Å². The molecule has 1 aromatic heterocycles. The lowest BCUT2D eigenvalue weighted by atomic mass is 9.88. The fraction of sp³-hybridized carbons (Fsp3) is 0.286. The molecule has 0 saturated heterocycles. The molecule has 0 atom stereocenters. The second kappa shape index (κ2) is 7.72. The van der Waals surface area contributed by atoms with Gasteiger partial charge in [0.1, 0.15) is 5.82 Å². The van der Waals surface area contributed by atoms with Crippen LogP contribution in [0.25, 0.3) is 10.9 Å². The lowest BCUT2D eigenvalue weighted by Gasteiger charge is -2.22. The number of hydrogen-bond donors (Lipinski definition) is 0. The smallest absolute Gasteiger partial charge is 0.267 e. The maximum absolute atomic E-state index is 13.1. The predicted molar refractivity (Wildman–Crippen MR) is 108 cm³/mol. The Morgan fingerprint density at radius 2 is 1.79 bits per heavy atom. The van der Waals surface area contributed by atoms with Crippen molar-refractivity contribution in [2.75, 3.05) is 0 Å². The molecule has 3 aromatic rings. The van der Waals surface area contributed by atoms with Crippen LogP contribution in [-0.4, -0.2) is 20.8 Å². The van der Waals surface area contributed by atoms with E-state index in [-0.39, 0.29) is 17.2 Å². The highest BCUT2D eigenvalue weighted by Gasteiger charge is 2.22. The minimum absolute atomic E-state index is 0.0488. The Balaban J connectivity index is 1.86. The fourth-order valence-electron chi connectivity index (χ4n) is 3.76. The van der Waals surface area contributed by atoms with E-state index in [0.717, 1.165) is 25.7 Å². The average molecular weight is 376 g/mol. The van der Waals surface area contributed by atoms with E-state index in [1.807, 2.05) is 12.1 Å². The lowest BCUT2D eigenvalue weighted by Crippen LogP contribution is -2.25. The van der Waals surface area contributed by atoms with Crippen LogP contribution in [0.1, 0.15) is 49.4 Å². The van der Waals surface area contributed by atoms with Crippen molar-refractivity contribution in [2.45, 2.75) is 38.0 Å². The number of rotatable bonds is 4. The molecular weight excluding hydrogens is 356 g/mol. The van der Waals surface area contributed by atoms with Crippen molar-refractivity contribution >= 4 is 22.8 Å². The van der Waals surface area contributed by atoms with E-state index in [1.54, 1.807) is 30.3 Å². The first-order valence-corrected chi connectivity index (χ1v) is 9.44. The number of nitro groups is 1. The monoisotopic (exact) mass is 376 g/mol. The average Bonchev–Trinajstić information content (AvgIpc) is 2.74. The zero-order valence-corrected chi connectivity index (χ0v) is 15.3. The molecule has 1 fully saturated rings. The Morgan fingerprint density at radius 3 is 2.57 bits per heavy atom. The third-order valence-corrected chi connectivity index (χ3v) is 5.19. The van der Waals surface area contributed by atoms with Crippen molar-refractivity contribution in [1.82, 2.24) is 9.66 Å². The van der Waals surface area contributed by atoms with Gasteiger partial charge in [-0.2, -0.15) is 9.78 Å². The Morgan fingerprint density at radius 1 is 1.07 bits per heavy atom. The van der Waals surface area contributed by atoms with E-state index >= 15 is 0 Å². The molecule has 1 aliphatic carbocycles. The maximum atomic E-state index is 13.1. The zero-order valence-electron chi connectivity index (χ0n) is 15.3. The molecule has 0 bridgehead atoms. The lowest BCUT2D eigenvalue weighted by molar-refractivity contribution is -0.385. The first-order valence-electron chi connectivity index (χ1n) is 9.44. The zero-order chi connectivity index (χ0) is 19.5. The van der Waals surface area contributed by atoms with Crippen molar-refractivity contribution < 1.29 is 4.92 Å². The highest BCUT2D eigenvalue weighted by Crippen LogP contribution is 2.31. The van der Waals surface area contributed by atoms with Gasteiger partial charge in [0.2, 0.25) is 0 Å². The van der Waals surface area contributed by atoms with Crippen LogP contribution in [0.3, 0.4) is 0 Å². The Labute approximate surface area is 161 Å². The van der Waals surface area contributed by atoms with Crippen LogP contribution in [0.15, 0.2) is 58.4 Å². The van der Waals surface area contributed by atoms with E-state index in [4.69, 9.17) is 4.98 Å². The summed E-state index contributed by atoms with van der Waals surface area (Å²) in [5.41, 5.74) is 0.709.